The van der Waals surface area contributed by atoms with Crippen molar-refractivity contribution in [2.24, 2.45) is 5.41 Å². The van der Waals surface area contributed by atoms with Crippen molar-refractivity contribution in [3.05, 3.63) is 80.3 Å². The second-order valence-corrected chi connectivity index (χ2v) is 10.5. The number of fused-ring (bicyclic) bond motifs is 1. The van der Waals surface area contributed by atoms with Crippen LogP contribution < -0.4 is 10.2 Å². The number of nitrogens with zero attached hydrogens (tertiary/aromatic N) is 1. The molecule has 1 aliphatic carbocycles. The number of hydrogen-bond acceptors (Lipinski definition) is 5. The molecule has 1 aliphatic heterocycles. The Morgan fingerprint density at radius 1 is 1.03 bits per heavy atom. The number of ketones is 1. The van der Waals surface area contributed by atoms with Gasteiger partial charge in [0.1, 0.15) is 6.04 Å². The molecular formula is C24H22N2O2S2. The zero-order chi connectivity index (χ0) is 20.9. The van der Waals surface area contributed by atoms with Crippen LogP contribution >= 0.6 is 22.7 Å². The number of Topliss-reactive ketones (excluding diaryl/α,β-unsaturated/α-hetero) is 1. The summed E-state index contributed by atoms with van der Waals surface area (Å²) < 4.78 is 0. The summed E-state index contributed by atoms with van der Waals surface area (Å²) in [7, 11) is 0. The number of rotatable bonds is 2. The lowest BCUT2D eigenvalue weighted by Gasteiger charge is -2.36. The fourth-order valence-electron chi connectivity index (χ4n) is 4.45. The second-order valence-electron chi connectivity index (χ2n) is 8.55. The van der Waals surface area contributed by atoms with Gasteiger partial charge in [0.05, 0.1) is 16.3 Å². The molecule has 4 nitrogen and oxygen atoms in total. The number of anilines is 2. The van der Waals surface area contributed by atoms with E-state index in [-0.39, 0.29) is 17.1 Å². The van der Waals surface area contributed by atoms with Crippen LogP contribution in [0.4, 0.5) is 11.4 Å². The standard InChI is InChI=1S/C24H22N2O2S2/c1-24(2)13-16-21(18(27)14-24)22(19-9-5-11-29-19)26(23(28)20-10-6-12-30-20)17-8-4-3-7-15(17)25-16/h3-12,22,25H,13-14H2,1-2H3. The first-order valence-electron chi connectivity index (χ1n) is 9.97. The number of hydrogen-bond donors (Lipinski definition) is 1. The zero-order valence-corrected chi connectivity index (χ0v) is 18.5. The Bertz CT molecular complexity index is 1140. The largest absolute Gasteiger partial charge is 0.357 e. The quantitative estimate of drug-likeness (QED) is 0.517. The van der Waals surface area contributed by atoms with Gasteiger partial charge in [-0.1, -0.05) is 38.1 Å². The molecule has 30 heavy (non-hydrogen) atoms. The third-order valence-corrected chi connectivity index (χ3v) is 7.45. The number of amides is 1. The molecule has 6 heteroatoms. The molecule has 2 aromatic heterocycles. The van der Waals surface area contributed by atoms with Crippen molar-refractivity contribution in [2.45, 2.75) is 32.7 Å². The molecule has 0 fully saturated rings. The van der Waals surface area contributed by atoms with Gasteiger partial charge in [-0.15, -0.1) is 22.7 Å². The number of carbonyl (C=O) groups is 2. The predicted octanol–water partition coefficient (Wildman–Crippen LogP) is 6.27. The number of carbonyl (C=O) groups excluding carboxylic acids is 2. The topological polar surface area (TPSA) is 49.4 Å². The molecule has 0 saturated heterocycles. The van der Waals surface area contributed by atoms with Crippen LogP contribution in [-0.4, -0.2) is 11.7 Å². The average Bonchev–Trinajstić information content (AvgIpc) is 3.39. The summed E-state index contributed by atoms with van der Waals surface area (Å²) in [5, 5.41) is 7.46. The van der Waals surface area contributed by atoms with Crippen molar-refractivity contribution in [3.63, 3.8) is 0 Å². The third-order valence-electron chi connectivity index (χ3n) is 5.66. The summed E-state index contributed by atoms with van der Waals surface area (Å²) in [6.07, 6.45) is 1.25. The van der Waals surface area contributed by atoms with Crippen LogP contribution in [0.5, 0.6) is 0 Å². The van der Waals surface area contributed by atoms with Gasteiger partial charge in [0.25, 0.3) is 5.91 Å². The van der Waals surface area contributed by atoms with E-state index in [0.717, 1.165) is 33.9 Å². The van der Waals surface area contributed by atoms with Gasteiger partial charge in [-0.2, -0.15) is 0 Å². The van der Waals surface area contributed by atoms with Crippen molar-refractivity contribution < 1.29 is 9.59 Å². The number of nitrogens with one attached hydrogen (secondary N) is 1. The van der Waals surface area contributed by atoms with Crippen LogP contribution in [0, 0.1) is 5.41 Å². The molecule has 0 spiro atoms. The number of allylic oxidation sites excluding steroid dienone is 1. The fraction of sp³-hybridized carbons (Fsp3) is 0.250. The molecule has 2 aliphatic rings. The maximum atomic E-state index is 13.8. The molecule has 1 aromatic carbocycles. The number of thiophene rings is 2. The lowest BCUT2D eigenvalue weighted by molar-refractivity contribution is -0.118. The van der Waals surface area contributed by atoms with Crippen molar-refractivity contribution in [1.82, 2.24) is 0 Å². The van der Waals surface area contributed by atoms with E-state index < -0.39 is 6.04 Å². The summed E-state index contributed by atoms with van der Waals surface area (Å²) in [5.41, 5.74) is 3.19. The van der Waals surface area contributed by atoms with Gasteiger partial charge >= 0.3 is 0 Å². The van der Waals surface area contributed by atoms with Crippen LogP contribution in [0.3, 0.4) is 0 Å². The van der Waals surface area contributed by atoms with Gasteiger partial charge in [-0.05, 0) is 46.9 Å². The minimum atomic E-state index is -0.436. The number of para-hydroxylation sites is 2. The normalized spacial score (nSPS) is 20.3. The lowest BCUT2D eigenvalue weighted by atomic mass is 9.74. The molecule has 3 heterocycles. The highest BCUT2D eigenvalue weighted by Crippen LogP contribution is 2.49. The van der Waals surface area contributed by atoms with Crippen LogP contribution in [0.15, 0.2) is 70.6 Å². The Hall–Kier alpha value is -2.70. The van der Waals surface area contributed by atoms with E-state index in [0.29, 0.717) is 11.3 Å². The van der Waals surface area contributed by atoms with E-state index in [2.05, 4.69) is 19.2 Å². The molecule has 0 radical (unpaired) electrons. The Morgan fingerprint density at radius 3 is 2.53 bits per heavy atom. The molecule has 1 amide bonds. The van der Waals surface area contributed by atoms with Crippen molar-refractivity contribution in [1.29, 1.82) is 0 Å². The molecule has 3 aromatic rings. The van der Waals surface area contributed by atoms with Gasteiger partial charge < -0.3 is 5.32 Å². The molecule has 152 valence electrons. The zero-order valence-electron chi connectivity index (χ0n) is 16.8. The summed E-state index contributed by atoms with van der Waals surface area (Å²) in [5.74, 6) is 0.0352. The lowest BCUT2D eigenvalue weighted by Crippen LogP contribution is -2.39. The Kier molecular flexibility index (Phi) is 4.64. The van der Waals surface area contributed by atoms with E-state index >= 15 is 0 Å². The fourth-order valence-corrected chi connectivity index (χ4v) is 5.93. The number of benzene rings is 1. The van der Waals surface area contributed by atoms with Crippen molar-refractivity contribution >= 4 is 45.7 Å². The van der Waals surface area contributed by atoms with Crippen LogP contribution in [0.2, 0.25) is 0 Å². The first-order chi connectivity index (χ1) is 14.4. The minimum absolute atomic E-state index is 0.0796. The van der Waals surface area contributed by atoms with E-state index in [1.54, 1.807) is 11.3 Å². The molecule has 1 atom stereocenters. The summed E-state index contributed by atoms with van der Waals surface area (Å²) in [4.78, 5) is 30.7. The summed E-state index contributed by atoms with van der Waals surface area (Å²) in [6, 6.07) is 15.2. The summed E-state index contributed by atoms with van der Waals surface area (Å²) >= 11 is 3.01. The molecule has 5 rings (SSSR count). The maximum absolute atomic E-state index is 13.8. The molecule has 0 bridgehead atoms. The Morgan fingerprint density at radius 2 is 1.80 bits per heavy atom. The predicted molar refractivity (Wildman–Crippen MR) is 123 cm³/mol. The van der Waals surface area contributed by atoms with E-state index in [9.17, 15) is 9.59 Å². The Balaban J connectivity index is 1.78. The third kappa shape index (κ3) is 3.20. The van der Waals surface area contributed by atoms with Crippen molar-refractivity contribution in [2.75, 3.05) is 10.2 Å². The molecular weight excluding hydrogens is 412 g/mol. The first-order valence-corrected chi connectivity index (χ1v) is 11.7. The maximum Gasteiger partial charge on any atom is 0.269 e. The van der Waals surface area contributed by atoms with E-state index in [1.807, 2.05) is 64.2 Å². The average molecular weight is 435 g/mol. The Labute approximate surface area is 183 Å². The minimum Gasteiger partial charge on any atom is -0.357 e. The van der Waals surface area contributed by atoms with Gasteiger partial charge in [-0.3, -0.25) is 14.5 Å². The molecule has 1 unspecified atom stereocenters. The SMILES string of the molecule is CC1(C)CC(=O)C2=C(C1)Nc1ccccc1N(C(=O)c1cccs1)C2c1cccs1. The van der Waals surface area contributed by atoms with Gasteiger partial charge in [-0.25, -0.2) is 0 Å². The van der Waals surface area contributed by atoms with Gasteiger partial charge in [0.2, 0.25) is 0 Å². The van der Waals surface area contributed by atoms with Gasteiger partial charge in [0.15, 0.2) is 5.78 Å². The van der Waals surface area contributed by atoms with Crippen molar-refractivity contribution in [3.8, 4) is 0 Å². The monoisotopic (exact) mass is 434 g/mol. The first kappa shape index (κ1) is 19.3. The second kappa shape index (κ2) is 7.22. The van der Waals surface area contributed by atoms with E-state index in [4.69, 9.17) is 0 Å². The highest BCUT2D eigenvalue weighted by atomic mass is 32.1. The smallest absolute Gasteiger partial charge is 0.269 e. The highest BCUT2D eigenvalue weighted by Gasteiger charge is 2.43. The van der Waals surface area contributed by atoms with Crippen LogP contribution in [-0.2, 0) is 4.79 Å². The van der Waals surface area contributed by atoms with E-state index in [1.165, 1.54) is 11.3 Å². The highest BCUT2D eigenvalue weighted by molar-refractivity contribution is 7.12. The van der Waals surface area contributed by atoms with Crippen LogP contribution in [0.1, 0.15) is 47.3 Å². The molecule has 0 saturated carbocycles. The van der Waals surface area contributed by atoms with Gasteiger partial charge in [0, 0.05) is 22.6 Å². The molecule has 1 N–H and O–H groups in total. The summed E-state index contributed by atoms with van der Waals surface area (Å²) in [6.45, 7) is 4.25. The van der Waals surface area contributed by atoms with Crippen LogP contribution in [0.25, 0.3) is 0 Å².